The van der Waals surface area contributed by atoms with Gasteiger partial charge in [0.05, 0.1) is 12.3 Å². The zero-order valence-corrected chi connectivity index (χ0v) is 9.83. The van der Waals surface area contributed by atoms with Gasteiger partial charge in [-0.25, -0.2) is 0 Å². The highest BCUT2D eigenvalue weighted by atomic mass is 16.5. The van der Waals surface area contributed by atoms with Crippen LogP contribution in [0, 0.1) is 0 Å². The predicted molar refractivity (Wildman–Crippen MR) is 67.1 cm³/mol. The fraction of sp³-hybridized carbons (Fsp3) is 0.538. The maximum absolute atomic E-state index is 5.60. The topological polar surface area (TPSA) is 33.3 Å². The summed E-state index contributed by atoms with van der Waals surface area (Å²) in [4.78, 5) is 0. The van der Waals surface area contributed by atoms with Crippen LogP contribution in [0.4, 0.5) is 5.69 Å². The molecule has 3 heteroatoms. The Labute approximate surface area is 97.2 Å². The quantitative estimate of drug-likeness (QED) is 0.816. The summed E-state index contributed by atoms with van der Waals surface area (Å²) in [6.45, 7) is 4.94. The van der Waals surface area contributed by atoms with E-state index in [1.54, 1.807) is 0 Å². The molecule has 0 spiro atoms. The molecule has 1 aliphatic heterocycles. The minimum Gasteiger partial charge on any atom is -0.492 e. The Hall–Kier alpha value is -1.22. The van der Waals surface area contributed by atoms with Crippen molar-refractivity contribution in [2.45, 2.75) is 25.8 Å². The molecule has 1 fully saturated rings. The van der Waals surface area contributed by atoms with Crippen molar-refractivity contribution < 1.29 is 4.74 Å². The molecule has 2 rings (SSSR count). The van der Waals surface area contributed by atoms with Gasteiger partial charge in [0.1, 0.15) is 5.75 Å². The second-order valence-electron chi connectivity index (χ2n) is 4.10. The first-order valence-electron chi connectivity index (χ1n) is 6.09. The summed E-state index contributed by atoms with van der Waals surface area (Å²) in [5, 5.41) is 6.94. The van der Waals surface area contributed by atoms with Gasteiger partial charge in [-0.05, 0) is 45.0 Å². The molecule has 1 saturated heterocycles. The number of nitrogens with one attached hydrogen (secondary N) is 2. The van der Waals surface area contributed by atoms with Gasteiger partial charge in [0.25, 0.3) is 0 Å². The van der Waals surface area contributed by atoms with Crippen molar-refractivity contribution in [2.75, 3.05) is 25.0 Å². The number of para-hydroxylation sites is 2. The van der Waals surface area contributed by atoms with Gasteiger partial charge in [0.2, 0.25) is 0 Å². The van der Waals surface area contributed by atoms with Crippen LogP contribution in [0.1, 0.15) is 19.8 Å². The summed E-state index contributed by atoms with van der Waals surface area (Å²) in [5.41, 5.74) is 1.12. The minimum atomic E-state index is 0.572. The van der Waals surface area contributed by atoms with Crippen LogP contribution < -0.4 is 15.4 Å². The van der Waals surface area contributed by atoms with Crippen LogP contribution in [0.2, 0.25) is 0 Å². The van der Waals surface area contributed by atoms with Crippen molar-refractivity contribution in [2.24, 2.45) is 0 Å². The SMILES string of the molecule is CCOc1ccccc1NC1CCNCC1. The zero-order chi connectivity index (χ0) is 11.2. The number of hydrogen-bond donors (Lipinski definition) is 2. The fourth-order valence-electron chi connectivity index (χ4n) is 2.05. The van der Waals surface area contributed by atoms with E-state index in [2.05, 4.69) is 16.7 Å². The monoisotopic (exact) mass is 220 g/mol. The van der Waals surface area contributed by atoms with Gasteiger partial charge in [0, 0.05) is 6.04 Å². The van der Waals surface area contributed by atoms with Crippen molar-refractivity contribution in [1.29, 1.82) is 0 Å². The molecule has 0 atom stereocenters. The molecule has 1 aromatic rings. The van der Waals surface area contributed by atoms with Gasteiger partial charge >= 0.3 is 0 Å². The molecule has 0 unspecified atom stereocenters. The molecule has 1 heterocycles. The number of piperidine rings is 1. The maximum atomic E-state index is 5.60. The summed E-state index contributed by atoms with van der Waals surface area (Å²) in [6, 6.07) is 8.74. The molecule has 0 bridgehead atoms. The lowest BCUT2D eigenvalue weighted by atomic mass is 10.1. The van der Waals surface area contributed by atoms with Gasteiger partial charge in [-0.2, -0.15) is 0 Å². The summed E-state index contributed by atoms with van der Waals surface area (Å²) < 4.78 is 5.60. The second-order valence-corrected chi connectivity index (χ2v) is 4.10. The van der Waals surface area contributed by atoms with Crippen LogP contribution in [0.5, 0.6) is 5.75 Å². The lowest BCUT2D eigenvalue weighted by molar-refractivity contribution is 0.341. The molecular formula is C13H20N2O. The van der Waals surface area contributed by atoms with E-state index in [-0.39, 0.29) is 0 Å². The predicted octanol–water partition coefficient (Wildman–Crippen LogP) is 2.25. The molecular weight excluding hydrogens is 200 g/mol. The summed E-state index contributed by atoms with van der Waals surface area (Å²) in [5.74, 6) is 0.962. The van der Waals surface area contributed by atoms with Crippen LogP contribution >= 0.6 is 0 Å². The lowest BCUT2D eigenvalue weighted by Gasteiger charge is -2.25. The van der Waals surface area contributed by atoms with E-state index in [9.17, 15) is 0 Å². The van der Waals surface area contributed by atoms with Gasteiger partial charge in [-0.1, -0.05) is 12.1 Å². The molecule has 0 radical (unpaired) electrons. The third-order valence-electron chi connectivity index (χ3n) is 2.89. The Bertz CT molecular complexity index is 321. The average Bonchev–Trinajstić information content (AvgIpc) is 2.33. The number of anilines is 1. The number of hydrogen-bond acceptors (Lipinski definition) is 3. The van der Waals surface area contributed by atoms with E-state index in [0.717, 1.165) is 24.5 Å². The van der Waals surface area contributed by atoms with Crippen LogP contribution in [0.3, 0.4) is 0 Å². The van der Waals surface area contributed by atoms with Gasteiger partial charge in [-0.15, -0.1) is 0 Å². The van der Waals surface area contributed by atoms with E-state index in [0.29, 0.717) is 12.6 Å². The van der Waals surface area contributed by atoms with E-state index in [1.807, 2.05) is 25.1 Å². The van der Waals surface area contributed by atoms with Crippen molar-refractivity contribution >= 4 is 5.69 Å². The number of rotatable bonds is 4. The molecule has 1 aliphatic rings. The highest BCUT2D eigenvalue weighted by molar-refractivity contribution is 5.56. The smallest absolute Gasteiger partial charge is 0.142 e. The summed E-state index contributed by atoms with van der Waals surface area (Å²) in [7, 11) is 0. The Kier molecular flexibility index (Phi) is 4.05. The zero-order valence-electron chi connectivity index (χ0n) is 9.83. The Morgan fingerprint density at radius 2 is 2.06 bits per heavy atom. The highest BCUT2D eigenvalue weighted by Crippen LogP contribution is 2.25. The van der Waals surface area contributed by atoms with Gasteiger partial charge in [-0.3, -0.25) is 0 Å². The van der Waals surface area contributed by atoms with Crippen LogP contribution in [-0.4, -0.2) is 25.7 Å². The molecule has 1 aromatic carbocycles. The largest absolute Gasteiger partial charge is 0.492 e. The molecule has 3 nitrogen and oxygen atoms in total. The Morgan fingerprint density at radius 1 is 1.31 bits per heavy atom. The van der Waals surface area contributed by atoms with Crippen molar-refractivity contribution in [3.8, 4) is 5.75 Å². The Morgan fingerprint density at radius 3 is 2.81 bits per heavy atom. The highest BCUT2D eigenvalue weighted by Gasteiger charge is 2.13. The first kappa shape index (κ1) is 11.3. The summed E-state index contributed by atoms with van der Waals surface area (Å²) in [6.07, 6.45) is 2.36. The molecule has 0 amide bonds. The van der Waals surface area contributed by atoms with E-state index < -0.39 is 0 Å². The fourth-order valence-corrected chi connectivity index (χ4v) is 2.05. The first-order chi connectivity index (χ1) is 7.90. The molecule has 0 saturated carbocycles. The molecule has 0 aliphatic carbocycles. The van der Waals surface area contributed by atoms with Crippen LogP contribution in [0.15, 0.2) is 24.3 Å². The first-order valence-corrected chi connectivity index (χ1v) is 6.09. The average molecular weight is 220 g/mol. The van der Waals surface area contributed by atoms with Gasteiger partial charge < -0.3 is 15.4 Å². The minimum absolute atomic E-state index is 0.572. The third kappa shape index (κ3) is 2.89. The lowest BCUT2D eigenvalue weighted by Crippen LogP contribution is -2.35. The molecule has 16 heavy (non-hydrogen) atoms. The van der Waals surface area contributed by atoms with E-state index in [4.69, 9.17) is 4.74 Å². The molecule has 88 valence electrons. The molecule has 0 aromatic heterocycles. The Balaban J connectivity index is 2.01. The van der Waals surface area contributed by atoms with Crippen molar-refractivity contribution in [3.63, 3.8) is 0 Å². The van der Waals surface area contributed by atoms with Crippen LogP contribution in [-0.2, 0) is 0 Å². The number of benzene rings is 1. The van der Waals surface area contributed by atoms with Crippen molar-refractivity contribution in [1.82, 2.24) is 5.32 Å². The molecule has 2 N–H and O–H groups in total. The normalized spacial score (nSPS) is 17.1. The van der Waals surface area contributed by atoms with Crippen LogP contribution in [0.25, 0.3) is 0 Å². The second kappa shape index (κ2) is 5.75. The number of ether oxygens (including phenoxy) is 1. The standard InChI is InChI=1S/C13H20N2O/c1-2-16-13-6-4-3-5-12(13)15-11-7-9-14-10-8-11/h3-6,11,14-15H,2,7-10H2,1H3. The van der Waals surface area contributed by atoms with E-state index >= 15 is 0 Å². The van der Waals surface area contributed by atoms with E-state index in [1.165, 1.54) is 12.8 Å². The van der Waals surface area contributed by atoms with Gasteiger partial charge in [0.15, 0.2) is 0 Å². The maximum Gasteiger partial charge on any atom is 0.142 e. The van der Waals surface area contributed by atoms with Crippen molar-refractivity contribution in [3.05, 3.63) is 24.3 Å². The summed E-state index contributed by atoms with van der Waals surface area (Å²) >= 11 is 0. The third-order valence-corrected chi connectivity index (χ3v) is 2.89.